The SMILES string of the molecule is CCCCCCCCN(C(=O)C(NC(=O)OC(C)(C)C)C(C)CC)C(C(=O)NC(Cc1ccccc1)C(=O)OC(C)(C)C)c1ccc(C)cc1C. The number of aryl methyl sites for hydroxylation is 2. The molecular formula is C42H65N3O6. The maximum Gasteiger partial charge on any atom is 0.408 e. The van der Waals surface area contributed by atoms with Gasteiger partial charge in [-0.15, -0.1) is 0 Å². The minimum atomic E-state index is -1.08. The third kappa shape index (κ3) is 15.1. The highest BCUT2D eigenvalue weighted by Crippen LogP contribution is 2.29. The van der Waals surface area contributed by atoms with Gasteiger partial charge in [-0.05, 0) is 84.4 Å². The monoisotopic (exact) mass is 707 g/mol. The molecule has 0 saturated heterocycles. The van der Waals surface area contributed by atoms with Crippen molar-refractivity contribution in [2.24, 2.45) is 5.92 Å². The molecule has 0 spiro atoms. The van der Waals surface area contributed by atoms with Crippen molar-refractivity contribution in [1.82, 2.24) is 15.5 Å². The van der Waals surface area contributed by atoms with Crippen LogP contribution < -0.4 is 10.6 Å². The second kappa shape index (κ2) is 20.2. The molecule has 0 aliphatic heterocycles. The van der Waals surface area contributed by atoms with Gasteiger partial charge in [-0.25, -0.2) is 9.59 Å². The smallest absolute Gasteiger partial charge is 0.408 e. The van der Waals surface area contributed by atoms with E-state index in [0.717, 1.165) is 48.8 Å². The summed E-state index contributed by atoms with van der Waals surface area (Å²) in [5, 5.41) is 5.87. The van der Waals surface area contributed by atoms with Gasteiger partial charge in [0.25, 0.3) is 0 Å². The number of rotatable bonds is 18. The fourth-order valence-electron chi connectivity index (χ4n) is 5.98. The first-order valence-electron chi connectivity index (χ1n) is 18.8. The van der Waals surface area contributed by atoms with Gasteiger partial charge in [0.15, 0.2) is 0 Å². The predicted molar refractivity (Wildman–Crippen MR) is 204 cm³/mol. The van der Waals surface area contributed by atoms with Gasteiger partial charge in [0.2, 0.25) is 11.8 Å². The van der Waals surface area contributed by atoms with E-state index in [-0.39, 0.29) is 24.8 Å². The van der Waals surface area contributed by atoms with Crippen molar-refractivity contribution in [2.75, 3.05) is 6.54 Å². The highest BCUT2D eigenvalue weighted by atomic mass is 16.6. The Balaban J connectivity index is 2.69. The predicted octanol–water partition coefficient (Wildman–Crippen LogP) is 8.54. The highest BCUT2D eigenvalue weighted by Gasteiger charge is 2.40. The second-order valence-corrected chi connectivity index (χ2v) is 15.9. The number of carbonyl (C=O) groups is 4. The van der Waals surface area contributed by atoms with Crippen molar-refractivity contribution in [3.63, 3.8) is 0 Å². The third-order valence-corrected chi connectivity index (χ3v) is 8.76. The Bertz CT molecular complexity index is 1410. The number of ether oxygens (including phenoxy) is 2. The number of nitrogens with one attached hydrogen (secondary N) is 2. The van der Waals surface area contributed by atoms with Gasteiger partial charge in [-0.1, -0.05) is 113 Å². The van der Waals surface area contributed by atoms with Crippen LogP contribution in [0.15, 0.2) is 48.5 Å². The van der Waals surface area contributed by atoms with E-state index in [9.17, 15) is 19.2 Å². The standard InChI is InChI=1S/C42H65N3O6/c1-12-14-15-16-17-21-26-45(38(47)35(30(4)13-2)44-40(49)51-42(9,10)11)36(33-25-24-29(3)27-31(33)5)37(46)43-34(39(48)50-41(6,7)8)28-32-22-19-18-20-23-32/h18-20,22-25,27,30,34-36H,12-17,21,26,28H2,1-11H3,(H,43,46)(H,44,49). The van der Waals surface area contributed by atoms with E-state index < -0.39 is 47.3 Å². The zero-order valence-corrected chi connectivity index (χ0v) is 33.2. The summed E-state index contributed by atoms with van der Waals surface area (Å²) in [6.07, 6.45) is 6.04. The molecule has 2 N–H and O–H groups in total. The summed E-state index contributed by atoms with van der Waals surface area (Å²) in [5.74, 6) is -1.68. The number of alkyl carbamates (subject to hydrolysis) is 1. The van der Waals surface area contributed by atoms with E-state index in [0.29, 0.717) is 18.4 Å². The molecule has 9 heteroatoms. The molecule has 284 valence electrons. The first kappa shape index (κ1) is 43.3. The van der Waals surface area contributed by atoms with Gasteiger partial charge in [-0.2, -0.15) is 0 Å². The number of carbonyl (C=O) groups excluding carboxylic acids is 4. The number of nitrogens with zero attached hydrogens (tertiary/aromatic N) is 1. The lowest BCUT2D eigenvalue weighted by molar-refractivity contribution is -0.159. The Morgan fingerprint density at radius 2 is 1.39 bits per heavy atom. The zero-order chi connectivity index (χ0) is 38.4. The molecule has 2 aromatic rings. The van der Waals surface area contributed by atoms with Crippen LogP contribution in [0.4, 0.5) is 4.79 Å². The lowest BCUT2D eigenvalue weighted by Crippen LogP contribution is -2.56. The van der Waals surface area contributed by atoms with Gasteiger partial charge in [-0.3, -0.25) is 9.59 Å². The summed E-state index contributed by atoms with van der Waals surface area (Å²) >= 11 is 0. The van der Waals surface area contributed by atoms with Crippen LogP contribution in [0, 0.1) is 19.8 Å². The Kier molecular flexibility index (Phi) is 17.2. The van der Waals surface area contributed by atoms with E-state index in [2.05, 4.69) is 17.6 Å². The van der Waals surface area contributed by atoms with Gasteiger partial charge in [0, 0.05) is 13.0 Å². The fraction of sp³-hybridized carbons (Fsp3) is 0.619. The van der Waals surface area contributed by atoms with Gasteiger partial charge < -0.3 is 25.0 Å². The van der Waals surface area contributed by atoms with Crippen LogP contribution >= 0.6 is 0 Å². The average Bonchev–Trinajstić information content (AvgIpc) is 3.03. The number of amides is 3. The van der Waals surface area contributed by atoms with Crippen LogP contribution in [0.25, 0.3) is 0 Å². The van der Waals surface area contributed by atoms with E-state index in [4.69, 9.17) is 9.47 Å². The first-order chi connectivity index (χ1) is 23.9. The fourth-order valence-corrected chi connectivity index (χ4v) is 5.98. The van der Waals surface area contributed by atoms with Gasteiger partial charge in [0.1, 0.15) is 29.3 Å². The summed E-state index contributed by atoms with van der Waals surface area (Å²) in [7, 11) is 0. The van der Waals surface area contributed by atoms with Crippen molar-refractivity contribution in [1.29, 1.82) is 0 Å². The van der Waals surface area contributed by atoms with E-state index >= 15 is 0 Å². The zero-order valence-electron chi connectivity index (χ0n) is 33.2. The minimum Gasteiger partial charge on any atom is -0.458 e. The van der Waals surface area contributed by atoms with Crippen molar-refractivity contribution in [3.8, 4) is 0 Å². The minimum absolute atomic E-state index is 0.210. The molecule has 4 unspecified atom stereocenters. The summed E-state index contributed by atoms with van der Waals surface area (Å²) in [5.41, 5.74) is 1.83. The van der Waals surface area contributed by atoms with Crippen LogP contribution in [-0.4, -0.2) is 58.6 Å². The summed E-state index contributed by atoms with van der Waals surface area (Å²) in [6.45, 7) is 20.9. The average molecular weight is 708 g/mol. The van der Waals surface area contributed by atoms with Crippen molar-refractivity contribution in [2.45, 2.75) is 157 Å². The number of benzene rings is 2. The molecule has 0 saturated carbocycles. The molecule has 0 heterocycles. The van der Waals surface area contributed by atoms with Crippen molar-refractivity contribution < 1.29 is 28.7 Å². The maximum absolute atomic E-state index is 14.9. The molecule has 9 nitrogen and oxygen atoms in total. The van der Waals surface area contributed by atoms with E-state index in [1.54, 1.807) is 46.4 Å². The molecule has 0 aromatic heterocycles. The Morgan fingerprint density at radius 1 is 0.784 bits per heavy atom. The normalized spacial score (nSPS) is 14.1. The Morgan fingerprint density at radius 3 is 1.96 bits per heavy atom. The quantitative estimate of drug-likeness (QED) is 0.119. The van der Waals surface area contributed by atoms with Crippen molar-refractivity contribution in [3.05, 3.63) is 70.8 Å². The van der Waals surface area contributed by atoms with Crippen LogP contribution in [-0.2, 0) is 30.3 Å². The van der Waals surface area contributed by atoms with E-state index in [1.807, 2.05) is 76.2 Å². The van der Waals surface area contributed by atoms with Crippen LogP contribution in [0.3, 0.4) is 0 Å². The lowest BCUT2D eigenvalue weighted by atomic mass is 9.93. The van der Waals surface area contributed by atoms with Gasteiger partial charge >= 0.3 is 12.1 Å². The number of unbranched alkanes of at least 4 members (excludes halogenated alkanes) is 5. The first-order valence-corrected chi connectivity index (χ1v) is 18.8. The molecule has 51 heavy (non-hydrogen) atoms. The van der Waals surface area contributed by atoms with Crippen LogP contribution in [0.2, 0.25) is 0 Å². The Labute approximate surface area is 307 Å². The second-order valence-electron chi connectivity index (χ2n) is 15.9. The maximum atomic E-state index is 14.9. The summed E-state index contributed by atoms with van der Waals surface area (Å²) in [6, 6.07) is 12.2. The Hall–Kier alpha value is -3.88. The molecule has 2 aromatic carbocycles. The van der Waals surface area contributed by atoms with E-state index in [1.165, 1.54) is 0 Å². The number of esters is 1. The molecule has 0 aliphatic carbocycles. The molecule has 0 radical (unpaired) electrons. The molecule has 0 fully saturated rings. The third-order valence-electron chi connectivity index (χ3n) is 8.76. The lowest BCUT2D eigenvalue weighted by Gasteiger charge is -2.37. The van der Waals surface area contributed by atoms with Crippen LogP contribution in [0.1, 0.15) is 136 Å². The molecule has 0 aliphatic rings. The number of hydrogen-bond donors (Lipinski definition) is 2. The highest BCUT2D eigenvalue weighted by molar-refractivity contribution is 5.94. The van der Waals surface area contributed by atoms with Gasteiger partial charge in [0.05, 0.1) is 0 Å². The summed E-state index contributed by atoms with van der Waals surface area (Å²) in [4.78, 5) is 58.1. The molecular weight excluding hydrogens is 642 g/mol. The molecule has 2 rings (SSSR count). The van der Waals surface area contributed by atoms with Crippen LogP contribution in [0.5, 0.6) is 0 Å². The largest absolute Gasteiger partial charge is 0.458 e. The molecule has 3 amide bonds. The molecule has 0 bridgehead atoms. The molecule has 4 atom stereocenters. The summed E-state index contributed by atoms with van der Waals surface area (Å²) < 4.78 is 11.4. The van der Waals surface area contributed by atoms with Crippen molar-refractivity contribution >= 4 is 23.9 Å². The number of hydrogen-bond acceptors (Lipinski definition) is 6. The topological polar surface area (TPSA) is 114 Å².